The molecule has 0 saturated carbocycles. The highest BCUT2D eigenvalue weighted by Crippen LogP contribution is 2.28. The van der Waals surface area contributed by atoms with Gasteiger partial charge in [-0.2, -0.15) is 26.3 Å². The quantitative estimate of drug-likeness (QED) is 0.166. The van der Waals surface area contributed by atoms with Gasteiger partial charge in [-0.3, -0.25) is 0 Å². The molecule has 0 heterocycles. The van der Waals surface area contributed by atoms with Crippen molar-refractivity contribution in [3.8, 4) is 23.7 Å². The highest BCUT2D eigenvalue weighted by atomic mass is 19.4. The molecule has 148 valence electrons. The first-order valence-corrected chi connectivity index (χ1v) is 8.67. The van der Waals surface area contributed by atoms with Crippen LogP contribution >= 0.6 is 0 Å². The Bertz CT molecular complexity index is 1310. The number of halogens is 6. The normalized spacial score (nSPS) is 11.8. The Morgan fingerprint density at radius 1 is 0.433 bits per heavy atom. The molecule has 0 N–H and O–H groups in total. The molecule has 0 bridgehead atoms. The summed E-state index contributed by atoms with van der Waals surface area (Å²) >= 11 is 0. The molecule has 0 amide bonds. The maximum Gasteiger partial charge on any atom is 0.458 e. The predicted molar refractivity (Wildman–Crippen MR) is 105 cm³/mol. The van der Waals surface area contributed by atoms with Crippen LogP contribution in [0.4, 0.5) is 26.3 Å². The van der Waals surface area contributed by atoms with E-state index in [9.17, 15) is 26.3 Å². The van der Waals surface area contributed by atoms with E-state index in [4.69, 9.17) is 0 Å². The molecule has 6 heteroatoms. The average molecular weight is 412 g/mol. The van der Waals surface area contributed by atoms with Crippen LogP contribution in [0.3, 0.4) is 0 Å². The Balaban J connectivity index is 1.81. The van der Waals surface area contributed by atoms with Crippen LogP contribution in [-0.4, -0.2) is 12.4 Å². The molecule has 0 fully saturated rings. The fourth-order valence-electron chi connectivity index (χ4n) is 3.19. The Labute approximate surface area is 167 Å². The third kappa shape index (κ3) is 4.50. The topological polar surface area (TPSA) is 0 Å². The van der Waals surface area contributed by atoms with Crippen molar-refractivity contribution in [1.29, 1.82) is 0 Å². The molecule has 4 aromatic carbocycles. The minimum atomic E-state index is -4.55. The largest absolute Gasteiger partial charge is 0.458 e. The highest BCUT2D eigenvalue weighted by Gasteiger charge is 2.23. The van der Waals surface area contributed by atoms with Crippen LogP contribution in [0.5, 0.6) is 0 Å². The van der Waals surface area contributed by atoms with Crippen molar-refractivity contribution in [3.63, 3.8) is 0 Å². The maximum absolute atomic E-state index is 12.3. The summed E-state index contributed by atoms with van der Waals surface area (Å²) in [5.74, 6) is 6.75. The molecule has 0 aliphatic heterocycles. The van der Waals surface area contributed by atoms with Crippen LogP contribution in [0.25, 0.3) is 32.3 Å². The van der Waals surface area contributed by atoms with Crippen molar-refractivity contribution in [1.82, 2.24) is 0 Å². The average Bonchev–Trinajstić information content (AvgIpc) is 2.66. The summed E-state index contributed by atoms with van der Waals surface area (Å²) in [4.78, 5) is 0. The lowest BCUT2D eigenvalue weighted by Gasteiger charge is -2.06. The van der Waals surface area contributed by atoms with Gasteiger partial charge in [0.05, 0.1) is 0 Å². The van der Waals surface area contributed by atoms with Gasteiger partial charge in [-0.15, -0.1) is 0 Å². The number of rotatable bonds is 0. The second kappa shape index (κ2) is 7.00. The van der Waals surface area contributed by atoms with Gasteiger partial charge in [-0.25, -0.2) is 0 Å². The summed E-state index contributed by atoms with van der Waals surface area (Å²) in [6.45, 7) is 0. The summed E-state index contributed by atoms with van der Waals surface area (Å²) in [5.41, 5.74) is 0.515. The summed E-state index contributed by atoms with van der Waals surface area (Å²) in [5, 5.41) is 4.81. The number of hydrogen-bond acceptors (Lipinski definition) is 0. The van der Waals surface area contributed by atoms with Crippen LogP contribution < -0.4 is 0 Å². The first-order chi connectivity index (χ1) is 14.1. The second-order valence-electron chi connectivity index (χ2n) is 6.67. The zero-order valence-corrected chi connectivity index (χ0v) is 15.0. The van der Waals surface area contributed by atoms with Gasteiger partial charge >= 0.3 is 12.4 Å². The van der Waals surface area contributed by atoms with Crippen LogP contribution in [0.1, 0.15) is 11.1 Å². The van der Waals surface area contributed by atoms with Crippen molar-refractivity contribution < 1.29 is 26.3 Å². The molecule has 0 saturated heterocycles. The van der Waals surface area contributed by atoms with E-state index in [0.29, 0.717) is 0 Å². The Morgan fingerprint density at radius 2 is 0.767 bits per heavy atom. The molecule has 0 radical (unpaired) electrons. The zero-order chi connectivity index (χ0) is 21.5. The number of benzene rings is 4. The molecule has 0 aromatic heterocycles. The molecule has 4 rings (SSSR count). The Hall–Kier alpha value is -3.64. The molecular formula is C24H10F6. The van der Waals surface area contributed by atoms with E-state index in [1.165, 1.54) is 24.0 Å². The molecule has 0 spiro atoms. The third-order valence-electron chi connectivity index (χ3n) is 4.45. The van der Waals surface area contributed by atoms with Crippen molar-refractivity contribution >= 4 is 32.3 Å². The van der Waals surface area contributed by atoms with Gasteiger partial charge in [0.1, 0.15) is 0 Å². The summed E-state index contributed by atoms with van der Waals surface area (Å²) < 4.78 is 73.9. The first-order valence-electron chi connectivity index (χ1n) is 8.67. The fourth-order valence-corrected chi connectivity index (χ4v) is 3.19. The van der Waals surface area contributed by atoms with Gasteiger partial charge in [0.2, 0.25) is 0 Å². The van der Waals surface area contributed by atoms with Gasteiger partial charge in [-0.05, 0) is 80.8 Å². The van der Waals surface area contributed by atoms with Crippen LogP contribution in [0.2, 0.25) is 0 Å². The van der Waals surface area contributed by atoms with Gasteiger partial charge in [0, 0.05) is 23.0 Å². The molecular weight excluding hydrogens is 402 g/mol. The van der Waals surface area contributed by atoms with Crippen LogP contribution in [0.15, 0.2) is 60.7 Å². The first kappa shape index (κ1) is 19.7. The second-order valence-corrected chi connectivity index (χ2v) is 6.67. The van der Waals surface area contributed by atoms with Crippen molar-refractivity contribution in [2.45, 2.75) is 12.4 Å². The minimum absolute atomic E-state index is 0.257. The van der Waals surface area contributed by atoms with E-state index in [-0.39, 0.29) is 11.1 Å². The fraction of sp³-hybridized carbons (Fsp3) is 0.0833. The van der Waals surface area contributed by atoms with E-state index < -0.39 is 12.4 Å². The molecule has 4 aromatic rings. The zero-order valence-electron chi connectivity index (χ0n) is 15.0. The highest BCUT2D eigenvalue weighted by molar-refractivity contribution is 6.05. The number of hydrogen-bond donors (Lipinski definition) is 0. The van der Waals surface area contributed by atoms with E-state index in [0.717, 1.165) is 32.3 Å². The van der Waals surface area contributed by atoms with Crippen LogP contribution in [0, 0.1) is 23.7 Å². The lowest BCUT2D eigenvalue weighted by atomic mass is 9.98. The predicted octanol–water partition coefficient (Wildman–Crippen LogP) is 6.97. The van der Waals surface area contributed by atoms with Gasteiger partial charge < -0.3 is 0 Å². The minimum Gasteiger partial charge on any atom is -0.159 e. The van der Waals surface area contributed by atoms with Crippen molar-refractivity contribution in [2.75, 3.05) is 0 Å². The maximum atomic E-state index is 12.3. The number of fused-ring (bicyclic) bond motifs is 3. The lowest BCUT2D eigenvalue weighted by Crippen LogP contribution is -2.01. The van der Waals surface area contributed by atoms with Crippen molar-refractivity contribution in [3.05, 3.63) is 71.8 Å². The molecule has 0 aliphatic rings. The molecule has 0 unspecified atom stereocenters. The van der Waals surface area contributed by atoms with E-state index >= 15 is 0 Å². The molecule has 0 atom stereocenters. The standard InChI is InChI=1S/C24H10F6/c25-23(26,27)7-5-15-1-3-17-11-21-14-20-10-16(6-8-24(28,29)30)2-4-18(20)12-22(21)13-19(17)9-15/h1-4,9-14H. The molecule has 30 heavy (non-hydrogen) atoms. The van der Waals surface area contributed by atoms with Crippen LogP contribution in [-0.2, 0) is 0 Å². The lowest BCUT2D eigenvalue weighted by molar-refractivity contribution is -0.0706. The monoisotopic (exact) mass is 412 g/mol. The van der Waals surface area contributed by atoms with Gasteiger partial charge in [0.25, 0.3) is 0 Å². The number of alkyl halides is 6. The Morgan fingerprint density at radius 3 is 1.13 bits per heavy atom. The Kier molecular flexibility index (Phi) is 4.59. The van der Waals surface area contributed by atoms with E-state index in [1.807, 2.05) is 24.3 Å². The molecule has 0 aliphatic carbocycles. The van der Waals surface area contributed by atoms with E-state index in [2.05, 4.69) is 11.8 Å². The summed E-state index contributed by atoms with van der Waals surface area (Å²) in [7, 11) is 0. The van der Waals surface area contributed by atoms with Gasteiger partial charge in [0.15, 0.2) is 0 Å². The summed E-state index contributed by atoms with van der Waals surface area (Å²) in [6.07, 6.45) is -9.11. The van der Waals surface area contributed by atoms with E-state index in [1.54, 1.807) is 24.3 Å². The van der Waals surface area contributed by atoms with Gasteiger partial charge in [-0.1, -0.05) is 24.0 Å². The summed E-state index contributed by atoms with van der Waals surface area (Å²) in [6, 6.07) is 17.0. The molecule has 0 nitrogen and oxygen atoms in total. The van der Waals surface area contributed by atoms with Crippen molar-refractivity contribution in [2.24, 2.45) is 0 Å². The third-order valence-corrected chi connectivity index (χ3v) is 4.45. The SMILES string of the molecule is FC(F)(F)C#Cc1ccc2cc3cc4cc(C#CC(F)(F)F)ccc4cc3cc2c1. The smallest absolute Gasteiger partial charge is 0.159 e.